The van der Waals surface area contributed by atoms with Gasteiger partial charge >= 0.3 is 0 Å². The molecule has 1 heterocycles. The number of carbonyl (C=O) groups excluding carboxylic acids is 1. The molecule has 0 aliphatic carbocycles. The zero-order chi connectivity index (χ0) is 19.9. The minimum Gasteiger partial charge on any atom is -0.351 e. The maximum absolute atomic E-state index is 12.3. The third-order valence-corrected chi connectivity index (χ3v) is 5.49. The molecule has 5 heteroatoms. The molecule has 1 N–H and O–H groups in total. The molecule has 1 amide bonds. The molecule has 3 aromatic carbocycles. The van der Waals surface area contributed by atoms with Crippen LogP contribution in [0.25, 0.3) is 0 Å². The number of aliphatic imine (C=N–C) groups is 2. The van der Waals surface area contributed by atoms with E-state index in [9.17, 15) is 4.79 Å². The van der Waals surface area contributed by atoms with Gasteiger partial charge in [0.1, 0.15) is 0 Å². The molecular weight excluding hydrogens is 378 g/mol. The average Bonchev–Trinajstić information content (AvgIpc) is 2.97. The minimum absolute atomic E-state index is 0.00251. The Bertz CT molecular complexity index is 1050. The molecule has 0 radical (unpaired) electrons. The molecule has 0 saturated carbocycles. The summed E-state index contributed by atoms with van der Waals surface area (Å²) in [5, 5.41) is 3.87. The molecule has 3 aromatic rings. The van der Waals surface area contributed by atoms with E-state index < -0.39 is 0 Å². The molecule has 0 unspecified atom stereocenters. The summed E-state index contributed by atoms with van der Waals surface area (Å²) >= 11 is 1.47. The molecule has 144 valence electrons. The predicted molar refractivity (Wildman–Crippen MR) is 122 cm³/mol. The van der Waals surface area contributed by atoms with Crippen LogP contribution in [0.3, 0.4) is 0 Å². The fourth-order valence-electron chi connectivity index (χ4n) is 3.03. The molecule has 0 fully saturated rings. The lowest BCUT2D eigenvalue weighted by molar-refractivity contribution is -0.118. The van der Waals surface area contributed by atoms with Crippen molar-refractivity contribution in [3.8, 4) is 0 Å². The highest BCUT2D eigenvalue weighted by Crippen LogP contribution is 2.33. The smallest absolute Gasteiger partial charge is 0.230 e. The maximum atomic E-state index is 12.3. The summed E-state index contributed by atoms with van der Waals surface area (Å²) in [6.45, 7) is 0.534. The maximum Gasteiger partial charge on any atom is 0.230 e. The highest BCUT2D eigenvalue weighted by Gasteiger charge is 2.16. The Labute approximate surface area is 174 Å². The molecule has 0 bridgehead atoms. The summed E-state index contributed by atoms with van der Waals surface area (Å²) in [5.74, 6) is 0.327. The molecule has 1 aliphatic heterocycles. The van der Waals surface area contributed by atoms with E-state index >= 15 is 0 Å². The van der Waals surface area contributed by atoms with Gasteiger partial charge in [0.15, 0.2) is 0 Å². The van der Waals surface area contributed by atoms with Gasteiger partial charge in [-0.2, -0.15) is 0 Å². The molecule has 0 saturated heterocycles. The van der Waals surface area contributed by atoms with Gasteiger partial charge in [-0.25, -0.2) is 4.99 Å². The third-order valence-electron chi connectivity index (χ3n) is 4.51. The van der Waals surface area contributed by atoms with Crippen LogP contribution in [0.2, 0.25) is 0 Å². The summed E-state index contributed by atoms with van der Waals surface area (Å²) in [5.41, 5.74) is 4.82. The Morgan fingerprint density at radius 3 is 2.17 bits per heavy atom. The Morgan fingerprint density at radius 2 is 1.45 bits per heavy atom. The number of carbonyl (C=O) groups is 1. The molecule has 4 rings (SSSR count). The average molecular weight is 400 g/mol. The van der Waals surface area contributed by atoms with E-state index in [1.165, 1.54) is 11.8 Å². The van der Waals surface area contributed by atoms with Gasteiger partial charge in [0.05, 0.1) is 27.9 Å². The van der Waals surface area contributed by atoms with Crippen molar-refractivity contribution in [2.24, 2.45) is 9.98 Å². The fraction of sp³-hybridized carbons (Fsp3) is 0.125. The summed E-state index contributed by atoms with van der Waals surface area (Å²) in [6, 6.07) is 27.9. The van der Waals surface area contributed by atoms with Crippen LogP contribution in [0.4, 0.5) is 11.4 Å². The van der Waals surface area contributed by atoms with Crippen molar-refractivity contribution in [3.63, 3.8) is 0 Å². The first kappa shape index (κ1) is 19.2. The SMILES string of the molecule is O=C(CSC1=Nc2ccccc2N=C(c2ccccc2)C1)NCc1ccccc1. The van der Waals surface area contributed by atoms with Crippen LogP contribution in [0, 0.1) is 0 Å². The minimum atomic E-state index is -0.00251. The molecule has 0 aromatic heterocycles. The summed E-state index contributed by atoms with van der Waals surface area (Å²) in [7, 11) is 0. The lowest BCUT2D eigenvalue weighted by atomic mass is 10.1. The van der Waals surface area contributed by atoms with Crippen molar-refractivity contribution in [2.45, 2.75) is 13.0 Å². The van der Waals surface area contributed by atoms with Crippen LogP contribution in [0.5, 0.6) is 0 Å². The normalized spacial score (nSPS) is 13.0. The van der Waals surface area contributed by atoms with Crippen LogP contribution in [0.15, 0.2) is 94.9 Å². The van der Waals surface area contributed by atoms with E-state index in [1.807, 2.05) is 72.8 Å². The van der Waals surface area contributed by atoms with E-state index in [0.717, 1.165) is 33.3 Å². The zero-order valence-electron chi connectivity index (χ0n) is 15.9. The molecule has 0 atom stereocenters. The standard InChI is InChI=1S/C24H21N3OS/c28-23(25-16-18-9-3-1-4-10-18)17-29-24-15-22(19-11-5-2-6-12-19)26-20-13-7-8-14-21(20)27-24/h1-14H,15-17H2,(H,25,28). The molecule has 1 aliphatic rings. The lowest BCUT2D eigenvalue weighted by Gasteiger charge is -2.08. The van der Waals surface area contributed by atoms with Gasteiger partial charge in [-0.1, -0.05) is 72.8 Å². The molecule has 29 heavy (non-hydrogen) atoms. The second-order valence-electron chi connectivity index (χ2n) is 6.65. The number of amides is 1. The van der Waals surface area contributed by atoms with Crippen LogP contribution in [-0.4, -0.2) is 22.4 Å². The third kappa shape index (κ3) is 5.21. The Balaban J connectivity index is 1.46. The van der Waals surface area contributed by atoms with Gasteiger partial charge in [0, 0.05) is 13.0 Å². The zero-order valence-corrected chi connectivity index (χ0v) is 16.7. The predicted octanol–water partition coefficient (Wildman–Crippen LogP) is 5.29. The van der Waals surface area contributed by atoms with E-state index in [1.54, 1.807) is 0 Å². The number of thioether (sulfide) groups is 1. The van der Waals surface area contributed by atoms with Crippen molar-refractivity contribution in [1.82, 2.24) is 5.32 Å². The second kappa shape index (κ2) is 9.34. The lowest BCUT2D eigenvalue weighted by Crippen LogP contribution is -2.25. The summed E-state index contributed by atoms with van der Waals surface area (Å²) in [6.07, 6.45) is 0.606. The first-order valence-corrected chi connectivity index (χ1v) is 10.5. The highest BCUT2D eigenvalue weighted by molar-refractivity contribution is 8.14. The molecular formula is C24H21N3OS. The van der Waals surface area contributed by atoms with Gasteiger partial charge in [0.25, 0.3) is 0 Å². The van der Waals surface area contributed by atoms with Gasteiger partial charge in [-0.15, -0.1) is 11.8 Å². The summed E-state index contributed by atoms with van der Waals surface area (Å²) < 4.78 is 0. The summed E-state index contributed by atoms with van der Waals surface area (Å²) in [4.78, 5) is 22.0. The number of benzene rings is 3. The Kier molecular flexibility index (Phi) is 6.17. The van der Waals surface area contributed by atoms with Crippen molar-refractivity contribution < 1.29 is 4.79 Å². The number of nitrogens with one attached hydrogen (secondary N) is 1. The van der Waals surface area contributed by atoms with Gasteiger partial charge in [-0.3, -0.25) is 9.79 Å². The number of hydrogen-bond acceptors (Lipinski definition) is 4. The quantitative estimate of drug-likeness (QED) is 0.634. The van der Waals surface area contributed by atoms with Gasteiger partial charge < -0.3 is 5.32 Å². The first-order valence-electron chi connectivity index (χ1n) is 9.51. The number of hydrogen-bond donors (Lipinski definition) is 1. The second-order valence-corrected chi connectivity index (χ2v) is 7.70. The van der Waals surface area contributed by atoms with Gasteiger partial charge in [0.2, 0.25) is 5.91 Å². The Hall–Kier alpha value is -3.18. The number of nitrogens with zero attached hydrogens (tertiary/aromatic N) is 2. The highest BCUT2D eigenvalue weighted by atomic mass is 32.2. The number of rotatable bonds is 5. The van der Waals surface area contributed by atoms with Crippen LogP contribution < -0.4 is 5.32 Å². The van der Waals surface area contributed by atoms with Crippen molar-refractivity contribution in [3.05, 3.63) is 96.1 Å². The molecule has 0 spiro atoms. The van der Waals surface area contributed by atoms with E-state index in [2.05, 4.69) is 17.4 Å². The number of para-hydroxylation sites is 2. The fourth-order valence-corrected chi connectivity index (χ4v) is 3.83. The first-order chi connectivity index (χ1) is 14.3. The van der Waals surface area contributed by atoms with Crippen molar-refractivity contribution >= 4 is 39.8 Å². The van der Waals surface area contributed by atoms with Crippen molar-refractivity contribution in [2.75, 3.05) is 5.75 Å². The van der Waals surface area contributed by atoms with E-state index in [0.29, 0.717) is 18.7 Å². The largest absolute Gasteiger partial charge is 0.351 e. The van der Waals surface area contributed by atoms with Gasteiger partial charge in [-0.05, 0) is 23.3 Å². The Morgan fingerprint density at radius 1 is 0.828 bits per heavy atom. The topological polar surface area (TPSA) is 53.8 Å². The van der Waals surface area contributed by atoms with Crippen LogP contribution in [-0.2, 0) is 11.3 Å². The van der Waals surface area contributed by atoms with Crippen molar-refractivity contribution in [1.29, 1.82) is 0 Å². The van der Waals surface area contributed by atoms with Crippen LogP contribution in [0.1, 0.15) is 17.5 Å². The van der Waals surface area contributed by atoms with Crippen LogP contribution >= 0.6 is 11.8 Å². The molecule has 4 nitrogen and oxygen atoms in total. The monoisotopic (exact) mass is 399 g/mol. The number of fused-ring (bicyclic) bond motifs is 1. The van der Waals surface area contributed by atoms with E-state index in [4.69, 9.17) is 9.98 Å². The van der Waals surface area contributed by atoms with E-state index in [-0.39, 0.29) is 5.91 Å².